The topological polar surface area (TPSA) is 89.2 Å². The lowest BCUT2D eigenvalue weighted by molar-refractivity contribution is 0.217. The van der Waals surface area contributed by atoms with Crippen molar-refractivity contribution in [2.75, 3.05) is 13.1 Å². The van der Waals surface area contributed by atoms with E-state index in [0.717, 1.165) is 5.56 Å². The smallest absolute Gasteiger partial charge is 0.243 e. The molecule has 0 amide bonds. The maximum Gasteiger partial charge on any atom is 0.243 e. The third kappa shape index (κ3) is 3.45. The number of pyridine rings is 1. The minimum atomic E-state index is -3.52. The molecule has 1 aliphatic heterocycles. The van der Waals surface area contributed by atoms with Gasteiger partial charge in [0.05, 0.1) is 10.8 Å². The number of nitrogens with zero attached hydrogens (tertiary/aromatic N) is 4. The number of sulfonamides is 1. The van der Waals surface area contributed by atoms with Crippen molar-refractivity contribution in [3.05, 3.63) is 60.1 Å². The molecule has 0 aliphatic carbocycles. The van der Waals surface area contributed by atoms with E-state index in [-0.39, 0.29) is 11.3 Å². The molecule has 0 spiro atoms. The molecule has 0 N–H and O–H groups in total. The third-order valence-corrected chi connectivity index (χ3v) is 6.74. The molecule has 0 unspecified atom stereocenters. The molecule has 0 atom stereocenters. The summed E-state index contributed by atoms with van der Waals surface area (Å²) in [5.74, 6) is 0.749. The van der Waals surface area contributed by atoms with Gasteiger partial charge in [-0.2, -0.15) is 9.29 Å². The summed E-state index contributed by atoms with van der Waals surface area (Å²) >= 11 is 0. The highest BCUT2D eigenvalue weighted by Gasteiger charge is 2.40. The molecule has 7 nitrogen and oxygen atoms in total. The molecule has 3 aromatic rings. The van der Waals surface area contributed by atoms with Crippen molar-refractivity contribution in [1.29, 1.82) is 0 Å². The van der Waals surface area contributed by atoms with Crippen LogP contribution < -0.4 is 0 Å². The molecule has 0 radical (unpaired) electrons. The van der Waals surface area contributed by atoms with E-state index in [1.54, 1.807) is 24.4 Å². The fourth-order valence-corrected chi connectivity index (χ4v) is 4.60. The van der Waals surface area contributed by atoms with Crippen LogP contribution in [0.2, 0.25) is 0 Å². The van der Waals surface area contributed by atoms with Gasteiger partial charge in [0.2, 0.25) is 21.7 Å². The zero-order chi connectivity index (χ0) is 19.9. The largest absolute Gasteiger partial charge is 0.339 e. The van der Waals surface area contributed by atoms with E-state index in [4.69, 9.17) is 4.52 Å². The summed E-state index contributed by atoms with van der Waals surface area (Å²) in [5, 5.41) is 3.95. The van der Waals surface area contributed by atoms with Gasteiger partial charge >= 0.3 is 0 Å². The van der Waals surface area contributed by atoms with E-state index >= 15 is 0 Å². The van der Waals surface area contributed by atoms with Crippen LogP contribution in [0.5, 0.6) is 0 Å². The van der Waals surface area contributed by atoms with Gasteiger partial charge in [0.1, 0.15) is 5.69 Å². The highest BCUT2D eigenvalue weighted by molar-refractivity contribution is 7.89. The number of aromatic nitrogens is 3. The normalized spacial score (nSPS) is 16.1. The lowest BCUT2D eigenvalue weighted by atomic mass is 9.87. The standard InChI is InChI=1S/C20H22N4O3S/c1-20(2,3)15-7-9-16(10-8-15)28(25,26)24-12-14(13-24)19-22-18(23-27-19)17-6-4-5-11-21-17/h4-11,14H,12-13H2,1-3H3. The average Bonchev–Trinajstić information content (AvgIpc) is 3.10. The van der Waals surface area contributed by atoms with E-state index < -0.39 is 10.0 Å². The zero-order valence-corrected chi connectivity index (χ0v) is 16.8. The van der Waals surface area contributed by atoms with Gasteiger partial charge in [0.25, 0.3) is 0 Å². The van der Waals surface area contributed by atoms with Crippen LogP contribution in [0.3, 0.4) is 0 Å². The van der Waals surface area contributed by atoms with Crippen molar-refractivity contribution in [3.8, 4) is 11.5 Å². The molecule has 8 heteroatoms. The number of rotatable bonds is 4. The summed E-state index contributed by atoms with van der Waals surface area (Å²) in [6, 6.07) is 12.6. The highest BCUT2D eigenvalue weighted by Crippen LogP contribution is 2.32. The summed E-state index contributed by atoms with van der Waals surface area (Å²) < 4.78 is 32.4. The number of benzene rings is 1. The van der Waals surface area contributed by atoms with Gasteiger partial charge in [-0.1, -0.05) is 44.1 Å². The van der Waals surface area contributed by atoms with Gasteiger partial charge < -0.3 is 4.52 Å². The molecule has 1 fully saturated rings. The van der Waals surface area contributed by atoms with Crippen molar-refractivity contribution in [3.63, 3.8) is 0 Å². The first-order valence-electron chi connectivity index (χ1n) is 9.11. The van der Waals surface area contributed by atoms with E-state index in [0.29, 0.717) is 35.4 Å². The monoisotopic (exact) mass is 398 g/mol. The Bertz CT molecular complexity index is 1060. The fraction of sp³-hybridized carbons (Fsp3) is 0.350. The SMILES string of the molecule is CC(C)(C)c1ccc(S(=O)(=O)N2CC(c3nc(-c4ccccn4)no3)C2)cc1. The van der Waals surface area contributed by atoms with Crippen molar-refractivity contribution in [2.45, 2.75) is 37.0 Å². The minimum absolute atomic E-state index is 0.0204. The van der Waals surface area contributed by atoms with Crippen molar-refractivity contribution < 1.29 is 12.9 Å². The molecular weight excluding hydrogens is 376 g/mol. The summed E-state index contributed by atoms with van der Waals surface area (Å²) in [7, 11) is -3.52. The second-order valence-electron chi connectivity index (χ2n) is 7.96. The fourth-order valence-electron chi connectivity index (χ4n) is 3.07. The minimum Gasteiger partial charge on any atom is -0.339 e. The maximum absolute atomic E-state index is 12.8. The van der Waals surface area contributed by atoms with Crippen molar-refractivity contribution in [1.82, 2.24) is 19.4 Å². The van der Waals surface area contributed by atoms with Crippen LogP contribution in [-0.4, -0.2) is 40.9 Å². The lowest BCUT2D eigenvalue weighted by Crippen LogP contribution is -2.48. The predicted molar refractivity (Wildman–Crippen MR) is 104 cm³/mol. The van der Waals surface area contributed by atoms with Gasteiger partial charge in [-0.25, -0.2) is 8.42 Å². The summed E-state index contributed by atoms with van der Waals surface area (Å²) in [6.45, 7) is 6.95. The molecule has 1 saturated heterocycles. The van der Waals surface area contributed by atoms with Crippen LogP contribution in [0.1, 0.15) is 38.1 Å². The van der Waals surface area contributed by atoms with Gasteiger partial charge in [0.15, 0.2) is 0 Å². The molecule has 3 heterocycles. The van der Waals surface area contributed by atoms with E-state index in [2.05, 4.69) is 35.9 Å². The Hall–Kier alpha value is -2.58. The Morgan fingerprint density at radius 2 is 1.79 bits per heavy atom. The second-order valence-corrected chi connectivity index (χ2v) is 9.90. The van der Waals surface area contributed by atoms with Gasteiger partial charge in [-0.15, -0.1) is 0 Å². The highest BCUT2D eigenvalue weighted by atomic mass is 32.2. The molecule has 146 valence electrons. The second kappa shape index (κ2) is 6.79. The molecule has 1 aromatic carbocycles. The van der Waals surface area contributed by atoms with Crippen LogP contribution in [0, 0.1) is 0 Å². The van der Waals surface area contributed by atoms with Crippen LogP contribution in [0.15, 0.2) is 58.1 Å². The third-order valence-electron chi connectivity index (χ3n) is 4.89. The first kappa shape index (κ1) is 18.8. The van der Waals surface area contributed by atoms with Crippen LogP contribution in [0.4, 0.5) is 0 Å². The quantitative estimate of drug-likeness (QED) is 0.670. The zero-order valence-electron chi connectivity index (χ0n) is 16.0. The summed E-state index contributed by atoms with van der Waals surface area (Å²) in [5.41, 5.74) is 1.70. The van der Waals surface area contributed by atoms with E-state index in [1.807, 2.05) is 24.3 Å². The lowest BCUT2D eigenvalue weighted by Gasteiger charge is -2.35. The Kier molecular flexibility index (Phi) is 4.55. The number of hydrogen-bond donors (Lipinski definition) is 0. The van der Waals surface area contributed by atoms with Crippen molar-refractivity contribution in [2.24, 2.45) is 0 Å². The molecule has 0 saturated carbocycles. The summed E-state index contributed by atoms with van der Waals surface area (Å²) in [6.07, 6.45) is 1.66. The molecule has 4 rings (SSSR count). The molecular formula is C20H22N4O3S. The maximum atomic E-state index is 12.8. The predicted octanol–water partition coefficient (Wildman–Crippen LogP) is 3.22. The van der Waals surface area contributed by atoms with Crippen molar-refractivity contribution >= 4 is 10.0 Å². The van der Waals surface area contributed by atoms with E-state index in [1.165, 1.54) is 4.31 Å². The Labute approximate surface area is 164 Å². The Morgan fingerprint density at radius 1 is 1.07 bits per heavy atom. The molecule has 1 aliphatic rings. The van der Waals surface area contributed by atoms with Gasteiger partial charge in [-0.3, -0.25) is 4.98 Å². The molecule has 0 bridgehead atoms. The Morgan fingerprint density at radius 3 is 2.39 bits per heavy atom. The molecule has 28 heavy (non-hydrogen) atoms. The Balaban J connectivity index is 1.45. The van der Waals surface area contributed by atoms with Gasteiger partial charge in [-0.05, 0) is 35.2 Å². The van der Waals surface area contributed by atoms with Crippen LogP contribution in [0.25, 0.3) is 11.5 Å². The number of hydrogen-bond acceptors (Lipinski definition) is 6. The average molecular weight is 398 g/mol. The first-order valence-corrected chi connectivity index (χ1v) is 10.5. The molecule has 2 aromatic heterocycles. The summed E-state index contributed by atoms with van der Waals surface area (Å²) in [4.78, 5) is 8.87. The van der Waals surface area contributed by atoms with E-state index in [9.17, 15) is 8.42 Å². The first-order chi connectivity index (χ1) is 13.2. The van der Waals surface area contributed by atoms with Crippen LogP contribution >= 0.6 is 0 Å². The van der Waals surface area contributed by atoms with Crippen LogP contribution in [-0.2, 0) is 15.4 Å². The van der Waals surface area contributed by atoms with Gasteiger partial charge in [0, 0.05) is 19.3 Å².